The summed E-state index contributed by atoms with van der Waals surface area (Å²) in [4.78, 5) is 8.62. The molecule has 2 rings (SSSR count). The van der Waals surface area contributed by atoms with E-state index in [1.54, 1.807) is 6.20 Å². The highest BCUT2D eigenvalue weighted by molar-refractivity contribution is 5.24. The molecule has 3 heteroatoms. The number of nitrogens with zero attached hydrogens (tertiary/aromatic N) is 2. The molecule has 0 amide bonds. The van der Waals surface area contributed by atoms with Gasteiger partial charge in [0.15, 0.2) is 0 Å². The van der Waals surface area contributed by atoms with E-state index in [4.69, 9.17) is 5.73 Å². The number of aromatic nitrogens is 2. The molecule has 0 unspecified atom stereocenters. The van der Waals surface area contributed by atoms with Crippen molar-refractivity contribution in [2.24, 2.45) is 5.73 Å². The largest absolute Gasteiger partial charge is 0.326 e. The van der Waals surface area contributed by atoms with E-state index in [0.717, 1.165) is 29.7 Å². The van der Waals surface area contributed by atoms with Crippen LogP contribution in [-0.2, 0) is 19.4 Å². The van der Waals surface area contributed by atoms with Crippen LogP contribution in [0.3, 0.4) is 0 Å². The second-order valence-electron chi connectivity index (χ2n) is 4.09. The van der Waals surface area contributed by atoms with Crippen molar-refractivity contribution in [2.75, 3.05) is 0 Å². The van der Waals surface area contributed by atoms with Gasteiger partial charge in [0.25, 0.3) is 0 Å². The van der Waals surface area contributed by atoms with E-state index in [0.29, 0.717) is 6.54 Å². The predicted octanol–water partition coefficient (Wildman–Crippen LogP) is 2.09. The SMILES string of the molecule is CCc1ccc(Cc2cncc(CN)c2)nc1. The molecule has 0 saturated carbocycles. The lowest BCUT2D eigenvalue weighted by Crippen LogP contribution is -1.99. The Labute approximate surface area is 102 Å². The van der Waals surface area contributed by atoms with E-state index in [9.17, 15) is 0 Å². The molecule has 88 valence electrons. The van der Waals surface area contributed by atoms with Gasteiger partial charge in [-0.05, 0) is 29.2 Å². The Morgan fingerprint density at radius 1 is 1.06 bits per heavy atom. The summed E-state index contributed by atoms with van der Waals surface area (Å²) in [6.45, 7) is 2.66. The number of nitrogens with two attached hydrogens (primary N) is 1. The molecule has 0 aliphatic heterocycles. The van der Waals surface area contributed by atoms with E-state index in [2.05, 4.69) is 35.1 Å². The van der Waals surface area contributed by atoms with Crippen LogP contribution in [0.15, 0.2) is 36.8 Å². The summed E-state index contributed by atoms with van der Waals surface area (Å²) in [6.07, 6.45) is 7.45. The Bertz CT molecular complexity index is 477. The fourth-order valence-corrected chi connectivity index (χ4v) is 1.73. The van der Waals surface area contributed by atoms with Crippen molar-refractivity contribution in [1.29, 1.82) is 0 Å². The van der Waals surface area contributed by atoms with Crippen molar-refractivity contribution in [1.82, 2.24) is 9.97 Å². The smallest absolute Gasteiger partial charge is 0.0448 e. The Morgan fingerprint density at radius 2 is 1.88 bits per heavy atom. The Hall–Kier alpha value is -1.74. The summed E-state index contributed by atoms with van der Waals surface area (Å²) >= 11 is 0. The van der Waals surface area contributed by atoms with Crippen molar-refractivity contribution in [2.45, 2.75) is 26.3 Å². The number of hydrogen-bond acceptors (Lipinski definition) is 3. The third kappa shape index (κ3) is 3.11. The molecule has 0 aliphatic rings. The summed E-state index contributed by atoms with van der Waals surface area (Å²) in [7, 11) is 0. The molecule has 0 spiro atoms. The van der Waals surface area contributed by atoms with E-state index in [1.165, 1.54) is 5.56 Å². The van der Waals surface area contributed by atoms with Crippen molar-refractivity contribution >= 4 is 0 Å². The molecular weight excluding hydrogens is 210 g/mol. The fraction of sp³-hybridized carbons (Fsp3) is 0.286. The molecule has 0 fully saturated rings. The lowest BCUT2D eigenvalue weighted by atomic mass is 10.1. The summed E-state index contributed by atoms with van der Waals surface area (Å²) in [6, 6.07) is 6.29. The first-order chi connectivity index (χ1) is 8.31. The van der Waals surface area contributed by atoms with Gasteiger partial charge in [-0.1, -0.05) is 19.1 Å². The molecular formula is C14H17N3. The van der Waals surface area contributed by atoms with Gasteiger partial charge in [-0.2, -0.15) is 0 Å². The maximum Gasteiger partial charge on any atom is 0.0448 e. The standard InChI is InChI=1S/C14H17N3/c1-2-11-3-4-14(17-10-11)6-12-5-13(7-15)9-16-8-12/h3-5,8-10H,2,6-7,15H2,1H3. The van der Waals surface area contributed by atoms with Gasteiger partial charge >= 0.3 is 0 Å². The Kier molecular flexibility index (Phi) is 3.83. The number of rotatable bonds is 4. The molecule has 0 aromatic carbocycles. The average Bonchev–Trinajstić information content (AvgIpc) is 2.40. The van der Waals surface area contributed by atoms with Gasteiger partial charge in [0.2, 0.25) is 0 Å². The number of aryl methyl sites for hydroxylation is 1. The summed E-state index contributed by atoms with van der Waals surface area (Å²) < 4.78 is 0. The zero-order valence-corrected chi connectivity index (χ0v) is 10.1. The number of pyridine rings is 2. The molecule has 0 saturated heterocycles. The van der Waals surface area contributed by atoms with Crippen LogP contribution in [0.4, 0.5) is 0 Å². The minimum absolute atomic E-state index is 0.531. The van der Waals surface area contributed by atoms with Gasteiger partial charge in [0, 0.05) is 37.3 Å². The first-order valence-electron chi connectivity index (χ1n) is 5.88. The minimum atomic E-state index is 0.531. The lowest BCUT2D eigenvalue weighted by molar-refractivity contribution is 0.994. The molecule has 2 aromatic heterocycles. The molecule has 2 aromatic rings. The monoisotopic (exact) mass is 227 g/mol. The normalized spacial score (nSPS) is 10.5. The third-order valence-electron chi connectivity index (χ3n) is 2.77. The van der Waals surface area contributed by atoms with Crippen molar-refractivity contribution in [3.8, 4) is 0 Å². The lowest BCUT2D eigenvalue weighted by Gasteiger charge is -2.03. The van der Waals surface area contributed by atoms with Gasteiger partial charge in [0.1, 0.15) is 0 Å². The van der Waals surface area contributed by atoms with E-state index in [1.807, 2.05) is 12.4 Å². The maximum atomic E-state index is 5.59. The van der Waals surface area contributed by atoms with Gasteiger partial charge in [0.05, 0.1) is 0 Å². The summed E-state index contributed by atoms with van der Waals surface area (Å²) in [5.41, 5.74) is 10.1. The van der Waals surface area contributed by atoms with Crippen LogP contribution in [0.1, 0.15) is 29.3 Å². The quantitative estimate of drug-likeness (QED) is 0.870. The second-order valence-corrected chi connectivity index (χ2v) is 4.09. The minimum Gasteiger partial charge on any atom is -0.326 e. The van der Waals surface area contributed by atoms with Gasteiger partial charge in [-0.25, -0.2) is 0 Å². The third-order valence-corrected chi connectivity index (χ3v) is 2.77. The average molecular weight is 227 g/mol. The first kappa shape index (κ1) is 11.7. The van der Waals surface area contributed by atoms with Crippen LogP contribution in [0.25, 0.3) is 0 Å². The molecule has 0 radical (unpaired) electrons. The van der Waals surface area contributed by atoms with Crippen molar-refractivity contribution in [3.05, 3.63) is 59.2 Å². The van der Waals surface area contributed by atoms with Crippen LogP contribution in [0.2, 0.25) is 0 Å². The molecule has 0 bridgehead atoms. The van der Waals surface area contributed by atoms with Crippen molar-refractivity contribution in [3.63, 3.8) is 0 Å². The molecule has 3 nitrogen and oxygen atoms in total. The van der Waals surface area contributed by atoms with Crippen molar-refractivity contribution < 1.29 is 0 Å². The van der Waals surface area contributed by atoms with Crippen LogP contribution in [0, 0.1) is 0 Å². The van der Waals surface area contributed by atoms with E-state index in [-0.39, 0.29) is 0 Å². The van der Waals surface area contributed by atoms with Crippen LogP contribution < -0.4 is 5.73 Å². The molecule has 0 aliphatic carbocycles. The zero-order valence-electron chi connectivity index (χ0n) is 10.1. The van der Waals surface area contributed by atoms with Gasteiger partial charge in [-0.3, -0.25) is 9.97 Å². The topological polar surface area (TPSA) is 51.8 Å². The maximum absolute atomic E-state index is 5.59. The molecule has 2 heterocycles. The van der Waals surface area contributed by atoms with Gasteiger partial charge < -0.3 is 5.73 Å². The zero-order chi connectivity index (χ0) is 12.1. The fourth-order valence-electron chi connectivity index (χ4n) is 1.73. The summed E-state index contributed by atoms with van der Waals surface area (Å²) in [5, 5.41) is 0. The Morgan fingerprint density at radius 3 is 2.53 bits per heavy atom. The van der Waals surface area contributed by atoms with Crippen LogP contribution in [0.5, 0.6) is 0 Å². The molecule has 0 atom stereocenters. The van der Waals surface area contributed by atoms with Crippen LogP contribution in [-0.4, -0.2) is 9.97 Å². The van der Waals surface area contributed by atoms with E-state index < -0.39 is 0 Å². The summed E-state index contributed by atoms with van der Waals surface area (Å²) in [5.74, 6) is 0. The molecule has 17 heavy (non-hydrogen) atoms. The predicted molar refractivity (Wildman–Crippen MR) is 68.5 cm³/mol. The first-order valence-corrected chi connectivity index (χ1v) is 5.88. The highest BCUT2D eigenvalue weighted by Crippen LogP contribution is 2.09. The second kappa shape index (κ2) is 5.55. The van der Waals surface area contributed by atoms with Gasteiger partial charge in [-0.15, -0.1) is 0 Å². The molecule has 2 N–H and O–H groups in total. The Balaban J connectivity index is 2.13. The van der Waals surface area contributed by atoms with E-state index >= 15 is 0 Å². The number of hydrogen-bond donors (Lipinski definition) is 1. The highest BCUT2D eigenvalue weighted by atomic mass is 14.7. The highest BCUT2D eigenvalue weighted by Gasteiger charge is 2.00. The van der Waals surface area contributed by atoms with Crippen LogP contribution >= 0.6 is 0 Å².